The molecule has 0 spiro atoms. The van der Waals surface area contributed by atoms with Crippen LogP contribution in [-0.2, 0) is 4.79 Å². The van der Waals surface area contributed by atoms with Gasteiger partial charge in [0.2, 0.25) is 0 Å². The maximum Gasteiger partial charge on any atom is 0.304 e. The Morgan fingerprint density at radius 1 is 1.73 bits per heavy atom. The minimum Gasteiger partial charge on any atom is -0.481 e. The van der Waals surface area contributed by atoms with Crippen molar-refractivity contribution in [3.8, 4) is 0 Å². The highest BCUT2D eigenvalue weighted by Crippen LogP contribution is 2.20. The first-order valence-corrected chi connectivity index (χ1v) is 4.20. The van der Waals surface area contributed by atoms with Gasteiger partial charge in [-0.15, -0.1) is 0 Å². The predicted molar refractivity (Wildman–Crippen MR) is 42.5 cm³/mol. The number of aliphatic carboxylic acids is 1. The van der Waals surface area contributed by atoms with Gasteiger partial charge in [0.25, 0.3) is 0 Å². The fraction of sp³-hybridized carbons (Fsp3) is 0.875. The summed E-state index contributed by atoms with van der Waals surface area (Å²) in [5.74, 6) is -0.704. The third-order valence-corrected chi connectivity index (χ3v) is 1.96. The van der Waals surface area contributed by atoms with Crippen LogP contribution < -0.4 is 5.32 Å². The molecule has 1 atom stereocenters. The number of hydrogen-bond acceptors (Lipinski definition) is 2. The first kappa shape index (κ1) is 8.53. The van der Waals surface area contributed by atoms with Gasteiger partial charge >= 0.3 is 5.97 Å². The number of nitrogens with one attached hydrogen (secondary N) is 1. The molecule has 3 heteroatoms. The first-order valence-electron chi connectivity index (χ1n) is 4.20. The third kappa shape index (κ3) is 3.37. The summed E-state index contributed by atoms with van der Waals surface area (Å²) in [5, 5.41) is 11.8. The number of carboxylic acids is 1. The Bertz CT molecular complexity index is 143. The molecule has 3 nitrogen and oxygen atoms in total. The summed E-state index contributed by atoms with van der Waals surface area (Å²) in [7, 11) is 0. The molecule has 0 amide bonds. The molecular weight excluding hydrogens is 142 g/mol. The van der Waals surface area contributed by atoms with E-state index < -0.39 is 5.97 Å². The first-order chi connectivity index (χ1) is 5.22. The van der Waals surface area contributed by atoms with Crippen LogP contribution in [0.25, 0.3) is 0 Å². The maximum atomic E-state index is 10.3. The number of hydrogen-bond donors (Lipinski definition) is 2. The van der Waals surface area contributed by atoms with Crippen molar-refractivity contribution in [2.75, 3.05) is 0 Å². The van der Waals surface area contributed by atoms with Gasteiger partial charge < -0.3 is 10.4 Å². The van der Waals surface area contributed by atoms with Crippen molar-refractivity contribution >= 4 is 5.97 Å². The number of rotatable bonds is 5. The van der Waals surface area contributed by atoms with Gasteiger partial charge in [-0.3, -0.25) is 4.79 Å². The van der Waals surface area contributed by atoms with Crippen molar-refractivity contribution < 1.29 is 9.90 Å². The van der Waals surface area contributed by atoms with E-state index in [4.69, 9.17) is 5.11 Å². The summed E-state index contributed by atoms with van der Waals surface area (Å²) >= 11 is 0. The van der Waals surface area contributed by atoms with Crippen LogP contribution in [0.1, 0.15) is 32.6 Å². The second kappa shape index (κ2) is 3.72. The quantitative estimate of drug-likeness (QED) is 0.625. The van der Waals surface area contributed by atoms with Gasteiger partial charge in [0.15, 0.2) is 0 Å². The van der Waals surface area contributed by atoms with Crippen LogP contribution in [0.4, 0.5) is 0 Å². The average Bonchev–Trinajstić information content (AvgIpc) is 2.69. The molecule has 0 bridgehead atoms. The summed E-state index contributed by atoms with van der Waals surface area (Å²) in [6, 6.07) is 0.791. The maximum absolute atomic E-state index is 10.3. The van der Waals surface area contributed by atoms with Crippen LogP contribution >= 0.6 is 0 Å². The number of carboxylic acid groups (broad SMARTS) is 1. The van der Waals surface area contributed by atoms with Gasteiger partial charge in [-0.2, -0.15) is 0 Å². The van der Waals surface area contributed by atoms with Crippen molar-refractivity contribution in [2.45, 2.75) is 44.7 Å². The lowest BCUT2D eigenvalue weighted by molar-refractivity contribution is -0.137. The van der Waals surface area contributed by atoms with Crippen molar-refractivity contribution in [3.05, 3.63) is 0 Å². The Kier molecular flexibility index (Phi) is 2.88. The predicted octanol–water partition coefficient (Wildman–Crippen LogP) is 0.992. The van der Waals surface area contributed by atoms with Crippen LogP contribution in [-0.4, -0.2) is 23.2 Å². The van der Waals surface area contributed by atoms with Crippen LogP contribution in [0.15, 0.2) is 0 Å². The summed E-state index contributed by atoms with van der Waals surface area (Å²) in [6.45, 7) is 2.02. The Morgan fingerprint density at radius 3 is 2.73 bits per heavy atom. The minimum atomic E-state index is -0.704. The lowest BCUT2D eigenvalue weighted by atomic mass is 10.1. The fourth-order valence-electron chi connectivity index (χ4n) is 1.12. The highest BCUT2D eigenvalue weighted by atomic mass is 16.4. The summed E-state index contributed by atoms with van der Waals surface area (Å²) in [4.78, 5) is 10.3. The summed E-state index contributed by atoms with van der Waals surface area (Å²) in [6.07, 6.45) is 3.60. The van der Waals surface area contributed by atoms with Crippen molar-refractivity contribution in [1.82, 2.24) is 5.32 Å². The van der Waals surface area contributed by atoms with E-state index in [-0.39, 0.29) is 12.5 Å². The smallest absolute Gasteiger partial charge is 0.304 e. The van der Waals surface area contributed by atoms with Gasteiger partial charge in [0.05, 0.1) is 6.42 Å². The highest BCUT2D eigenvalue weighted by molar-refractivity contribution is 5.67. The van der Waals surface area contributed by atoms with E-state index in [1.807, 2.05) is 6.92 Å². The zero-order valence-electron chi connectivity index (χ0n) is 6.84. The molecule has 1 saturated carbocycles. The molecule has 0 saturated heterocycles. The molecule has 64 valence electrons. The molecule has 0 aromatic rings. The van der Waals surface area contributed by atoms with Gasteiger partial charge in [-0.05, 0) is 19.3 Å². The fourth-order valence-corrected chi connectivity index (χ4v) is 1.12. The lowest BCUT2D eigenvalue weighted by Crippen LogP contribution is -2.32. The average molecular weight is 157 g/mol. The third-order valence-electron chi connectivity index (χ3n) is 1.96. The summed E-state index contributed by atoms with van der Waals surface area (Å²) in [5.41, 5.74) is 0. The van der Waals surface area contributed by atoms with Crippen LogP contribution in [0.3, 0.4) is 0 Å². The molecular formula is C8H15NO2. The van der Waals surface area contributed by atoms with Gasteiger partial charge in [0, 0.05) is 12.1 Å². The van der Waals surface area contributed by atoms with Crippen LogP contribution in [0.5, 0.6) is 0 Å². The van der Waals surface area contributed by atoms with Gasteiger partial charge in [0.1, 0.15) is 0 Å². The molecule has 11 heavy (non-hydrogen) atoms. The molecule has 0 aromatic heterocycles. The van der Waals surface area contributed by atoms with Gasteiger partial charge in [-0.1, -0.05) is 6.92 Å². The Hall–Kier alpha value is -0.570. The standard InChI is InChI=1S/C8H15NO2/c1-2-6(5-8(10)11)9-7-3-4-7/h6-7,9H,2-5H2,1H3,(H,10,11). The zero-order valence-corrected chi connectivity index (χ0v) is 6.84. The SMILES string of the molecule is CCC(CC(=O)O)NC1CC1. The molecule has 2 N–H and O–H groups in total. The molecule has 1 rings (SSSR count). The normalized spacial score (nSPS) is 19.7. The molecule has 0 radical (unpaired) electrons. The van der Waals surface area contributed by atoms with E-state index in [0.29, 0.717) is 6.04 Å². The van der Waals surface area contributed by atoms with Crippen molar-refractivity contribution in [1.29, 1.82) is 0 Å². The van der Waals surface area contributed by atoms with E-state index in [2.05, 4.69) is 5.32 Å². The summed E-state index contributed by atoms with van der Waals surface area (Å²) < 4.78 is 0. The molecule has 1 unspecified atom stereocenters. The molecule has 0 heterocycles. The minimum absolute atomic E-state index is 0.181. The molecule has 1 aliphatic carbocycles. The van der Waals surface area contributed by atoms with E-state index >= 15 is 0 Å². The largest absolute Gasteiger partial charge is 0.481 e. The van der Waals surface area contributed by atoms with E-state index in [1.54, 1.807) is 0 Å². The molecule has 1 aliphatic rings. The van der Waals surface area contributed by atoms with E-state index in [1.165, 1.54) is 12.8 Å². The number of carbonyl (C=O) groups is 1. The van der Waals surface area contributed by atoms with E-state index in [0.717, 1.165) is 6.42 Å². The van der Waals surface area contributed by atoms with Gasteiger partial charge in [-0.25, -0.2) is 0 Å². The Labute approximate surface area is 66.8 Å². The van der Waals surface area contributed by atoms with Crippen molar-refractivity contribution in [3.63, 3.8) is 0 Å². The van der Waals surface area contributed by atoms with Crippen LogP contribution in [0.2, 0.25) is 0 Å². The monoisotopic (exact) mass is 157 g/mol. The Balaban J connectivity index is 2.17. The second-order valence-corrected chi connectivity index (χ2v) is 3.14. The topological polar surface area (TPSA) is 49.3 Å². The van der Waals surface area contributed by atoms with E-state index in [9.17, 15) is 4.79 Å². The lowest BCUT2D eigenvalue weighted by Gasteiger charge is -2.13. The van der Waals surface area contributed by atoms with Crippen molar-refractivity contribution in [2.24, 2.45) is 0 Å². The molecule has 0 aliphatic heterocycles. The van der Waals surface area contributed by atoms with Crippen LogP contribution in [0, 0.1) is 0 Å². The zero-order chi connectivity index (χ0) is 8.27. The molecule has 1 fully saturated rings. The second-order valence-electron chi connectivity index (χ2n) is 3.14. The Morgan fingerprint density at radius 2 is 2.36 bits per heavy atom. The molecule has 0 aromatic carbocycles. The highest BCUT2D eigenvalue weighted by Gasteiger charge is 2.24.